The van der Waals surface area contributed by atoms with Crippen LogP contribution in [-0.4, -0.2) is 42.4 Å². The van der Waals surface area contributed by atoms with Crippen LogP contribution in [0.2, 0.25) is 0 Å². The summed E-state index contributed by atoms with van der Waals surface area (Å²) in [5, 5.41) is 0. The number of hydrogen-bond acceptors (Lipinski definition) is 4. The van der Waals surface area contributed by atoms with E-state index in [4.69, 9.17) is 21.9 Å². The monoisotopic (exact) mass is 473 g/mol. The largest absolute Gasteiger partial charge is 0.497 e. The Bertz CT molecular complexity index is 1090. The van der Waals surface area contributed by atoms with Gasteiger partial charge in [-0.1, -0.05) is 72.8 Å². The second-order valence-electron chi connectivity index (χ2n) is 8.08. The average molecular weight is 474 g/mol. The molecule has 0 spiro atoms. The summed E-state index contributed by atoms with van der Waals surface area (Å²) in [5.41, 5.74) is 19.2. The molecule has 3 aromatic rings. The number of benzene rings is 3. The van der Waals surface area contributed by atoms with Gasteiger partial charge in [-0.25, -0.2) is 0 Å². The van der Waals surface area contributed by atoms with E-state index in [9.17, 15) is 9.59 Å². The minimum atomic E-state index is -0.914. The van der Waals surface area contributed by atoms with Crippen molar-refractivity contribution >= 4 is 17.8 Å². The Morgan fingerprint density at radius 3 is 1.86 bits per heavy atom. The van der Waals surface area contributed by atoms with Crippen LogP contribution < -0.4 is 21.9 Å². The van der Waals surface area contributed by atoms with Gasteiger partial charge in [-0.2, -0.15) is 0 Å². The minimum Gasteiger partial charge on any atom is -0.497 e. The molecule has 0 saturated heterocycles. The van der Waals surface area contributed by atoms with Crippen LogP contribution in [0, 0.1) is 0 Å². The number of ether oxygens (including phenoxy) is 1. The zero-order valence-corrected chi connectivity index (χ0v) is 19.7. The summed E-state index contributed by atoms with van der Waals surface area (Å²) >= 11 is 0. The summed E-state index contributed by atoms with van der Waals surface area (Å²) in [6, 6.07) is 25.4. The fourth-order valence-corrected chi connectivity index (χ4v) is 3.97. The lowest BCUT2D eigenvalue weighted by atomic mass is 9.89. The minimum absolute atomic E-state index is 0.0901. The molecule has 0 fully saturated rings. The Kier molecular flexibility index (Phi) is 8.83. The zero-order valence-electron chi connectivity index (χ0n) is 19.7. The fourth-order valence-electron chi connectivity index (χ4n) is 3.97. The number of amides is 2. The van der Waals surface area contributed by atoms with E-state index in [1.807, 2.05) is 84.9 Å². The van der Waals surface area contributed by atoms with Crippen molar-refractivity contribution in [3.8, 4) is 5.75 Å². The molecule has 0 heterocycles. The van der Waals surface area contributed by atoms with Gasteiger partial charge in [0.05, 0.1) is 13.0 Å². The molecule has 182 valence electrons. The first-order valence-corrected chi connectivity index (χ1v) is 11.3. The van der Waals surface area contributed by atoms with Crippen LogP contribution in [0.3, 0.4) is 0 Å². The molecule has 0 aromatic heterocycles. The number of carbonyl (C=O) groups is 2. The van der Waals surface area contributed by atoms with Crippen molar-refractivity contribution in [2.75, 3.05) is 13.7 Å². The Hall–Kier alpha value is -4.33. The van der Waals surface area contributed by atoms with Gasteiger partial charge in [0.15, 0.2) is 5.96 Å². The van der Waals surface area contributed by atoms with Crippen molar-refractivity contribution in [2.45, 2.75) is 24.9 Å². The van der Waals surface area contributed by atoms with Crippen molar-refractivity contribution in [3.63, 3.8) is 0 Å². The molecule has 35 heavy (non-hydrogen) atoms. The summed E-state index contributed by atoms with van der Waals surface area (Å²) in [5.74, 6) is -0.894. The summed E-state index contributed by atoms with van der Waals surface area (Å²) in [6.07, 6.45) is 0.186. The Balaban J connectivity index is 2.05. The van der Waals surface area contributed by atoms with Gasteiger partial charge < -0.3 is 26.8 Å². The van der Waals surface area contributed by atoms with Crippen molar-refractivity contribution in [3.05, 3.63) is 102 Å². The number of primary amides is 1. The molecular formula is C27H31N5O3. The molecule has 3 rings (SSSR count). The molecule has 0 bridgehead atoms. The summed E-state index contributed by atoms with van der Waals surface area (Å²) < 4.78 is 5.24. The second-order valence-corrected chi connectivity index (χ2v) is 8.08. The third kappa shape index (κ3) is 6.83. The lowest BCUT2D eigenvalue weighted by Crippen LogP contribution is -2.49. The van der Waals surface area contributed by atoms with E-state index in [1.54, 1.807) is 7.11 Å². The van der Waals surface area contributed by atoms with E-state index in [0.717, 1.165) is 16.7 Å². The molecule has 3 aromatic carbocycles. The Morgan fingerprint density at radius 1 is 0.857 bits per heavy atom. The molecule has 0 aliphatic heterocycles. The number of methoxy groups -OCH3 is 1. The van der Waals surface area contributed by atoms with Gasteiger partial charge in [0.2, 0.25) is 11.8 Å². The molecule has 0 radical (unpaired) electrons. The van der Waals surface area contributed by atoms with Gasteiger partial charge in [0, 0.05) is 13.1 Å². The van der Waals surface area contributed by atoms with Crippen molar-refractivity contribution in [2.24, 2.45) is 22.2 Å². The van der Waals surface area contributed by atoms with E-state index in [1.165, 1.54) is 4.90 Å². The van der Waals surface area contributed by atoms with Gasteiger partial charge >= 0.3 is 0 Å². The van der Waals surface area contributed by atoms with Gasteiger partial charge in [-0.15, -0.1) is 0 Å². The first-order chi connectivity index (χ1) is 16.9. The number of carbonyl (C=O) groups excluding carboxylic acids is 2. The van der Waals surface area contributed by atoms with Gasteiger partial charge in [0.25, 0.3) is 0 Å². The van der Waals surface area contributed by atoms with Crippen molar-refractivity contribution < 1.29 is 14.3 Å². The van der Waals surface area contributed by atoms with Crippen LogP contribution in [0.5, 0.6) is 5.75 Å². The molecule has 0 aliphatic carbocycles. The van der Waals surface area contributed by atoms with Gasteiger partial charge in [-0.05, 0) is 35.2 Å². The second kappa shape index (κ2) is 12.2. The highest BCUT2D eigenvalue weighted by molar-refractivity contribution is 5.92. The maximum atomic E-state index is 14.2. The molecule has 8 heteroatoms. The molecular weight excluding hydrogens is 442 g/mol. The standard InChI is InChI=1S/C27H31N5O3/c1-35-22-14-12-19(13-15-22)18-32(23(25(28)33)16-17-31-27(29)30)26(34)24(20-8-4-2-5-9-20)21-10-6-3-7-11-21/h2-15,23-24H,16-18H2,1H3,(H2,28,33)(H4,29,30,31)/t23-/m1/s1. The number of hydrogen-bond donors (Lipinski definition) is 3. The topological polar surface area (TPSA) is 137 Å². The summed E-state index contributed by atoms with van der Waals surface area (Å²) in [7, 11) is 1.59. The van der Waals surface area contributed by atoms with Crippen molar-refractivity contribution in [1.82, 2.24) is 4.90 Å². The highest BCUT2D eigenvalue weighted by Crippen LogP contribution is 2.29. The van der Waals surface area contributed by atoms with Crippen LogP contribution in [0.25, 0.3) is 0 Å². The third-order valence-electron chi connectivity index (χ3n) is 5.71. The maximum Gasteiger partial charge on any atom is 0.240 e. The predicted octanol–water partition coefficient (Wildman–Crippen LogP) is 2.37. The maximum absolute atomic E-state index is 14.2. The normalized spacial score (nSPS) is 11.5. The molecule has 6 N–H and O–H groups in total. The Labute approximate surface area is 205 Å². The smallest absolute Gasteiger partial charge is 0.240 e. The van der Waals surface area contributed by atoms with Crippen molar-refractivity contribution in [1.29, 1.82) is 0 Å². The van der Waals surface area contributed by atoms with E-state index in [2.05, 4.69) is 4.99 Å². The van der Waals surface area contributed by atoms with Crippen LogP contribution in [0.15, 0.2) is 89.9 Å². The fraction of sp³-hybridized carbons (Fsp3) is 0.222. The SMILES string of the molecule is COc1ccc(CN(C(=O)C(c2ccccc2)c2ccccc2)[C@H](CCN=C(N)N)C(N)=O)cc1. The number of aliphatic imine (C=N–C) groups is 1. The van der Waals surface area contributed by atoms with Crippen LogP contribution in [0.4, 0.5) is 0 Å². The Morgan fingerprint density at radius 2 is 1.40 bits per heavy atom. The molecule has 1 atom stereocenters. The number of nitrogens with zero attached hydrogens (tertiary/aromatic N) is 2. The van der Waals surface area contributed by atoms with Gasteiger partial charge in [-0.3, -0.25) is 14.6 Å². The first-order valence-electron chi connectivity index (χ1n) is 11.3. The highest BCUT2D eigenvalue weighted by Gasteiger charge is 2.34. The van der Waals surface area contributed by atoms with E-state index in [0.29, 0.717) is 5.75 Å². The lowest BCUT2D eigenvalue weighted by molar-refractivity contribution is -0.140. The lowest BCUT2D eigenvalue weighted by Gasteiger charge is -2.33. The quantitative estimate of drug-likeness (QED) is 0.290. The molecule has 2 amide bonds. The van der Waals surface area contributed by atoms with Gasteiger partial charge in [0.1, 0.15) is 11.8 Å². The zero-order chi connectivity index (χ0) is 25.2. The van der Waals surface area contributed by atoms with Crippen LogP contribution in [0.1, 0.15) is 29.0 Å². The van der Waals surface area contributed by atoms with E-state index in [-0.39, 0.29) is 31.4 Å². The summed E-state index contributed by atoms with van der Waals surface area (Å²) in [6.45, 7) is 0.331. The highest BCUT2D eigenvalue weighted by atomic mass is 16.5. The van der Waals surface area contributed by atoms with Crippen LogP contribution >= 0.6 is 0 Å². The molecule has 8 nitrogen and oxygen atoms in total. The predicted molar refractivity (Wildman–Crippen MR) is 137 cm³/mol. The summed E-state index contributed by atoms with van der Waals surface area (Å²) in [4.78, 5) is 32.3. The average Bonchev–Trinajstić information content (AvgIpc) is 2.87. The molecule has 0 unspecified atom stereocenters. The number of guanidine groups is 1. The van der Waals surface area contributed by atoms with E-state index < -0.39 is 17.9 Å². The number of rotatable bonds is 11. The molecule has 0 saturated carbocycles. The number of nitrogens with two attached hydrogens (primary N) is 3. The molecule has 0 aliphatic rings. The van der Waals surface area contributed by atoms with Crippen LogP contribution in [-0.2, 0) is 16.1 Å². The third-order valence-corrected chi connectivity index (χ3v) is 5.71. The first kappa shape index (κ1) is 25.3. The van der Waals surface area contributed by atoms with E-state index >= 15 is 0 Å².